The van der Waals surface area contributed by atoms with E-state index >= 15 is 0 Å². The van der Waals surface area contributed by atoms with Crippen molar-refractivity contribution in [2.45, 2.75) is 52.3 Å². The van der Waals surface area contributed by atoms with E-state index in [2.05, 4.69) is 24.0 Å². The fourth-order valence-electron chi connectivity index (χ4n) is 2.51. The van der Waals surface area contributed by atoms with Gasteiger partial charge in [-0.1, -0.05) is 12.1 Å². The fourth-order valence-corrected chi connectivity index (χ4v) is 2.51. The third kappa shape index (κ3) is 4.06. The number of hydrogen-bond donors (Lipinski definition) is 0. The Morgan fingerprint density at radius 1 is 1.42 bits per heavy atom. The van der Waals surface area contributed by atoms with E-state index in [1.54, 1.807) is 0 Å². The van der Waals surface area contributed by atoms with E-state index in [1.807, 2.05) is 26.0 Å². The number of carbonyl (C=O) groups excluding carboxylic acids is 1. The van der Waals surface area contributed by atoms with Gasteiger partial charge in [-0.05, 0) is 38.5 Å². The molecule has 3 heteroatoms. The van der Waals surface area contributed by atoms with Crippen LogP contribution >= 0.6 is 0 Å². The molecule has 1 fully saturated rings. The third-order valence-corrected chi connectivity index (χ3v) is 3.48. The minimum absolute atomic E-state index is 0.196. The lowest BCUT2D eigenvalue weighted by atomic mass is 10.0. The molecular weight excluding hydrogens is 238 g/mol. The van der Waals surface area contributed by atoms with Gasteiger partial charge in [0.15, 0.2) is 0 Å². The zero-order chi connectivity index (χ0) is 13.8. The maximum atomic E-state index is 11.4. The number of nitrogens with zero attached hydrogens (tertiary/aromatic N) is 1. The molecule has 0 unspecified atom stereocenters. The summed E-state index contributed by atoms with van der Waals surface area (Å²) in [6.45, 7) is 7.96. The Balaban J connectivity index is 2.00. The molecule has 1 heterocycles. The maximum absolute atomic E-state index is 11.4. The van der Waals surface area contributed by atoms with Gasteiger partial charge in [0.2, 0.25) is 0 Å². The van der Waals surface area contributed by atoms with Crippen molar-refractivity contribution in [2.24, 2.45) is 0 Å². The first-order valence-electron chi connectivity index (χ1n) is 7.06. The van der Waals surface area contributed by atoms with Crippen molar-refractivity contribution in [3.05, 3.63) is 29.8 Å². The highest BCUT2D eigenvalue weighted by molar-refractivity contribution is 5.79. The van der Waals surface area contributed by atoms with Gasteiger partial charge in [-0.2, -0.15) is 0 Å². The Hall–Kier alpha value is -1.35. The van der Waals surface area contributed by atoms with Crippen LogP contribution in [0.15, 0.2) is 24.3 Å². The van der Waals surface area contributed by atoms with Crippen LogP contribution in [0.1, 0.15) is 39.2 Å². The second kappa shape index (κ2) is 6.20. The zero-order valence-corrected chi connectivity index (χ0v) is 12.1. The molecule has 0 spiro atoms. The highest BCUT2D eigenvalue weighted by atomic mass is 16.5. The van der Waals surface area contributed by atoms with Crippen molar-refractivity contribution in [3.8, 4) is 5.75 Å². The molecule has 1 aromatic carbocycles. The normalized spacial score (nSPS) is 20.8. The smallest absolute Gasteiger partial charge is 0.135 e. The first-order chi connectivity index (χ1) is 9.04. The summed E-state index contributed by atoms with van der Waals surface area (Å²) in [6, 6.07) is 8.59. The second-order valence-electron chi connectivity index (χ2n) is 5.63. The fraction of sp³-hybridized carbons (Fsp3) is 0.562. The molecule has 0 aliphatic carbocycles. The summed E-state index contributed by atoms with van der Waals surface area (Å²) in [4.78, 5) is 13.8. The molecule has 1 atom stereocenters. The average Bonchev–Trinajstić information content (AvgIpc) is 2.32. The molecule has 2 rings (SSSR count). The first-order valence-corrected chi connectivity index (χ1v) is 7.06. The SMILES string of the molecule is CC(C)Oc1cccc(CN2CCC(=O)C[C@H]2C)c1. The molecule has 1 aliphatic rings. The van der Waals surface area contributed by atoms with Crippen molar-refractivity contribution in [2.75, 3.05) is 6.54 Å². The van der Waals surface area contributed by atoms with Crippen LogP contribution in [-0.4, -0.2) is 29.4 Å². The number of Topliss-reactive ketones (excluding diaryl/α,β-unsaturated/α-hetero) is 1. The van der Waals surface area contributed by atoms with E-state index < -0.39 is 0 Å². The number of piperidine rings is 1. The molecule has 1 saturated heterocycles. The lowest BCUT2D eigenvalue weighted by Gasteiger charge is -2.32. The molecule has 1 aromatic rings. The van der Waals surface area contributed by atoms with Crippen LogP contribution in [0.2, 0.25) is 0 Å². The zero-order valence-electron chi connectivity index (χ0n) is 12.1. The second-order valence-corrected chi connectivity index (χ2v) is 5.63. The van der Waals surface area contributed by atoms with Crippen LogP contribution in [0.4, 0.5) is 0 Å². The molecule has 0 amide bonds. The summed E-state index contributed by atoms with van der Waals surface area (Å²) < 4.78 is 5.72. The van der Waals surface area contributed by atoms with E-state index in [0.717, 1.165) is 18.8 Å². The van der Waals surface area contributed by atoms with Gasteiger partial charge in [-0.15, -0.1) is 0 Å². The summed E-state index contributed by atoms with van der Waals surface area (Å²) in [5.41, 5.74) is 1.25. The van der Waals surface area contributed by atoms with Crippen molar-refractivity contribution < 1.29 is 9.53 Å². The number of ether oxygens (including phenoxy) is 1. The summed E-state index contributed by atoms with van der Waals surface area (Å²) >= 11 is 0. The van der Waals surface area contributed by atoms with Crippen molar-refractivity contribution in [1.29, 1.82) is 0 Å². The van der Waals surface area contributed by atoms with Crippen LogP contribution in [0.25, 0.3) is 0 Å². The number of rotatable bonds is 4. The summed E-state index contributed by atoms with van der Waals surface area (Å²) in [5.74, 6) is 1.31. The van der Waals surface area contributed by atoms with Crippen molar-refractivity contribution >= 4 is 5.78 Å². The Bertz CT molecular complexity index is 442. The molecule has 19 heavy (non-hydrogen) atoms. The minimum Gasteiger partial charge on any atom is -0.491 e. The molecule has 104 valence electrons. The van der Waals surface area contributed by atoms with E-state index in [1.165, 1.54) is 5.56 Å². The van der Waals surface area contributed by atoms with E-state index in [4.69, 9.17) is 4.74 Å². The van der Waals surface area contributed by atoms with Crippen LogP contribution in [-0.2, 0) is 11.3 Å². The van der Waals surface area contributed by atoms with Gasteiger partial charge in [0.25, 0.3) is 0 Å². The third-order valence-electron chi connectivity index (χ3n) is 3.48. The number of ketones is 1. The molecule has 0 radical (unpaired) electrons. The Labute approximate surface area is 115 Å². The molecule has 0 N–H and O–H groups in total. The van der Waals surface area contributed by atoms with Crippen LogP contribution in [0.3, 0.4) is 0 Å². The van der Waals surface area contributed by atoms with Gasteiger partial charge >= 0.3 is 0 Å². The highest BCUT2D eigenvalue weighted by Gasteiger charge is 2.23. The van der Waals surface area contributed by atoms with Crippen LogP contribution < -0.4 is 4.74 Å². The molecule has 3 nitrogen and oxygen atoms in total. The van der Waals surface area contributed by atoms with Crippen molar-refractivity contribution in [1.82, 2.24) is 4.90 Å². The van der Waals surface area contributed by atoms with Gasteiger partial charge in [-0.3, -0.25) is 9.69 Å². The first kappa shape index (κ1) is 14.1. The summed E-state index contributed by atoms with van der Waals surface area (Å²) in [7, 11) is 0. The monoisotopic (exact) mass is 261 g/mol. The largest absolute Gasteiger partial charge is 0.491 e. The highest BCUT2D eigenvalue weighted by Crippen LogP contribution is 2.20. The summed E-state index contributed by atoms with van der Waals surface area (Å²) in [6.07, 6.45) is 1.57. The van der Waals surface area contributed by atoms with Crippen LogP contribution in [0, 0.1) is 0 Å². The molecule has 1 aliphatic heterocycles. The van der Waals surface area contributed by atoms with Gasteiger partial charge in [0.1, 0.15) is 11.5 Å². The lowest BCUT2D eigenvalue weighted by Crippen LogP contribution is -2.40. The van der Waals surface area contributed by atoms with Gasteiger partial charge in [0.05, 0.1) is 6.10 Å². The standard InChI is InChI=1S/C16H23NO2/c1-12(2)19-16-6-4-5-14(10-16)11-17-8-7-15(18)9-13(17)3/h4-6,10,12-13H,7-9,11H2,1-3H3/t13-/m1/s1. The topological polar surface area (TPSA) is 29.5 Å². The van der Waals surface area contributed by atoms with Gasteiger partial charge in [0, 0.05) is 32.0 Å². The lowest BCUT2D eigenvalue weighted by molar-refractivity contribution is -0.123. The molecule has 0 saturated carbocycles. The molecule has 0 aromatic heterocycles. The molecule has 0 bridgehead atoms. The number of likely N-dealkylation sites (tertiary alicyclic amines) is 1. The number of benzene rings is 1. The number of carbonyl (C=O) groups is 1. The predicted molar refractivity (Wildman–Crippen MR) is 76.3 cm³/mol. The predicted octanol–water partition coefficient (Wildman–Crippen LogP) is 3.03. The quantitative estimate of drug-likeness (QED) is 0.834. The van der Waals surface area contributed by atoms with E-state index in [0.29, 0.717) is 24.7 Å². The maximum Gasteiger partial charge on any atom is 0.135 e. The van der Waals surface area contributed by atoms with Gasteiger partial charge in [-0.25, -0.2) is 0 Å². The average molecular weight is 261 g/mol. The van der Waals surface area contributed by atoms with Crippen LogP contribution in [0.5, 0.6) is 5.75 Å². The van der Waals surface area contributed by atoms with E-state index in [9.17, 15) is 4.79 Å². The van der Waals surface area contributed by atoms with Crippen molar-refractivity contribution in [3.63, 3.8) is 0 Å². The Morgan fingerprint density at radius 3 is 2.89 bits per heavy atom. The summed E-state index contributed by atoms with van der Waals surface area (Å²) in [5, 5.41) is 0. The van der Waals surface area contributed by atoms with E-state index in [-0.39, 0.29) is 6.10 Å². The Morgan fingerprint density at radius 2 is 2.21 bits per heavy atom. The molecular formula is C16H23NO2. The van der Waals surface area contributed by atoms with Gasteiger partial charge < -0.3 is 4.74 Å². The minimum atomic E-state index is 0.196. The number of hydrogen-bond acceptors (Lipinski definition) is 3. The Kier molecular flexibility index (Phi) is 4.59.